The maximum atomic E-state index is 13.0. The third-order valence-corrected chi connectivity index (χ3v) is 6.54. The monoisotopic (exact) mass is 518 g/mol. The molecule has 0 bridgehead atoms. The summed E-state index contributed by atoms with van der Waals surface area (Å²) in [7, 11) is 0. The van der Waals surface area contributed by atoms with Crippen LogP contribution >= 0.6 is 0 Å². The Kier molecular flexibility index (Phi) is 9.20. The second kappa shape index (κ2) is 12.3. The number of nitrogens with zero attached hydrogens (tertiary/aromatic N) is 2. The number of hydrogen-bond donors (Lipinski definition) is 3. The van der Waals surface area contributed by atoms with Crippen molar-refractivity contribution >= 4 is 23.6 Å². The molecule has 1 aliphatic rings. The van der Waals surface area contributed by atoms with Gasteiger partial charge in [0.05, 0.1) is 18.7 Å². The largest absolute Gasteiger partial charge is 0.460 e. The van der Waals surface area contributed by atoms with E-state index >= 15 is 0 Å². The number of hydrogen-bond acceptors (Lipinski definition) is 6. The zero-order chi connectivity index (χ0) is 27.9. The average Bonchev–Trinajstić information content (AvgIpc) is 3.04. The van der Waals surface area contributed by atoms with E-state index in [1.54, 1.807) is 84.6 Å². The Hall–Kier alpha value is -4.24. The van der Waals surface area contributed by atoms with Crippen molar-refractivity contribution in [1.82, 2.24) is 9.80 Å². The zero-order valence-electron chi connectivity index (χ0n) is 21.8. The molecular weight excluding hydrogens is 484 g/mol. The number of allylic oxidation sites excluding steroid dienone is 3. The number of aliphatic hydroxyl groups is 1. The molecule has 0 saturated carbocycles. The van der Waals surface area contributed by atoms with Gasteiger partial charge in [0.25, 0.3) is 0 Å². The Labute approximate surface area is 222 Å². The number of amidine groups is 1. The van der Waals surface area contributed by atoms with Crippen LogP contribution < -0.4 is 5.73 Å². The number of amides is 2. The fourth-order valence-electron chi connectivity index (χ4n) is 4.74. The van der Waals surface area contributed by atoms with Crippen LogP contribution in [0.4, 0.5) is 0 Å². The highest BCUT2D eigenvalue weighted by Crippen LogP contribution is 2.43. The van der Waals surface area contributed by atoms with Crippen LogP contribution in [0.1, 0.15) is 54.7 Å². The third kappa shape index (κ3) is 6.00. The van der Waals surface area contributed by atoms with Crippen molar-refractivity contribution in [1.29, 1.82) is 5.41 Å². The summed E-state index contributed by atoms with van der Waals surface area (Å²) in [5.41, 5.74) is 4.96. The minimum Gasteiger partial charge on any atom is -0.460 e. The first kappa shape index (κ1) is 28.3. The Morgan fingerprint density at radius 2 is 1.79 bits per heavy atom. The van der Waals surface area contributed by atoms with Crippen molar-refractivity contribution in [2.75, 3.05) is 13.2 Å². The molecule has 200 valence electrons. The number of rotatable bonds is 6. The van der Waals surface area contributed by atoms with E-state index in [2.05, 4.69) is 0 Å². The van der Waals surface area contributed by atoms with E-state index < -0.39 is 35.5 Å². The summed E-state index contributed by atoms with van der Waals surface area (Å²) in [6.45, 7) is 5.06. The summed E-state index contributed by atoms with van der Waals surface area (Å²) in [5.74, 6) is -2.24. The highest BCUT2D eigenvalue weighted by molar-refractivity contribution is 6.34. The Morgan fingerprint density at radius 3 is 2.34 bits per heavy atom. The number of nitrogens with one attached hydrogen (secondary N) is 1. The van der Waals surface area contributed by atoms with Gasteiger partial charge in [-0.2, -0.15) is 0 Å². The summed E-state index contributed by atoms with van der Waals surface area (Å²) in [5, 5.41) is 21.3. The number of nitrogens with two attached hydrogens (primary N) is 1. The first-order valence-corrected chi connectivity index (χ1v) is 12.4. The van der Waals surface area contributed by atoms with Gasteiger partial charge in [-0.25, -0.2) is 4.79 Å². The van der Waals surface area contributed by atoms with E-state index in [1.807, 2.05) is 13.0 Å². The van der Waals surface area contributed by atoms with Gasteiger partial charge in [-0.05, 0) is 31.5 Å². The van der Waals surface area contributed by atoms with Crippen LogP contribution in [-0.2, 0) is 20.1 Å². The average molecular weight is 519 g/mol. The predicted octanol–water partition coefficient (Wildman–Crippen LogP) is 3.27. The summed E-state index contributed by atoms with van der Waals surface area (Å²) in [4.78, 5) is 40.4. The SMILES string of the molecule is C/C=C\C=C/C1CN(C(C)=O)C(c2ccc(C(N)=O)cc2)CC(O)(c2ccccc2)N1C(=N)C(=O)OCC. The van der Waals surface area contributed by atoms with Crippen molar-refractivity contribution in [3.05, 3.63) is 95.6 Å². The molecule has 0 aromatic heterocycles. The molecule has 0 spiro atoms. The number of carbonyl (C=O) groups excluding carboxylic acids is 3. The summed E-state index contributed by atoms with van der Waals surface area (Å²) in [6.07, 6.45) is 7.04. The van der Waals surface area contributed by atoms with Gasteiger partial charge in [0.15, 0.2) is 5.72 Å². The number of primary amides is 1. The summed E-state index contributed by atoms with van der Waals surface area (Å²) in [6, 6.07) is 13.9. The van der Waals surface area contributed by atoms with Crippen molar-refractivity contribution in [2.45, 2.75) is 45.0 Å². The minimum absolute atomic E-state index is 0.0618. The first-order chi connectivity index (χ1) is 18.1. The lowest BCUT2D eigenvalue weighted by Crippen LogP contribution is -2.56. The van der Waals surface area contributed by atoms with E-state index in [4.69, 9.17) is 15.9 Å². The number of esters is 1. The molecule has 3 unspecified atom stereocenters. The Bertz CT molecular complexity index is 1230. The van der Waals surface area contributed by atoms with E-state index in [0.717, 1.165) is 0 Å². The van der Waals surface area contributed by atoms with Crippen LogP contribution in [0.3, 0.4) is 0 Å². The molecule has 3 atom stereocenters. The van der Waals surface area contributed by atoms with E-state index in [0.29, 0.717) is 16.7 Å². The number of ether oxygens (including phenoxy) is 1. The predicted molar refractivity (Wildman–Crippen MR) is 144 cm³/mol. The molecule has 1 heterocycles. The highest BCUT2D eigenvalue weighted by Gasteiger charge is 2.49. The quantitative estimate of drug-likeness (QED) is 0.232. The summed E-state index contributed by atoms with van der Waals surface area (Å²) >= 11 is 0. The zero-order valence-corrected chi connectivity index (χ0v) is 21.8. The van der Waals surface area contributed by atoms with Crippen LogP contribution in [0.2, 0.25) is 0 Å². The molecule has 4 N–H and O–H groups in total. The maximum absolute atomic E-state index is 13.0. The molecular formula is C29H34N4O5. The highest BCUT2D eigenvalue weighted by atomic mass is 16.5. The van der Waals surface area contributed by atoms with E-state index in [1.165, 1.54) is 11.8 Å². The molecule has 38 heavy (non-hydrogen) atoms. The second-order valence-electron chi connectivity index (χ2n) is 8.98. The van der Waals surface area contributed by atoms with Gasteiger partial charge in [-0.3, -0.25) is 15.0 Å². The van der Waals surface area contributed by atoms with E-state index in [-0.39, 0.29) is 25.5 Å². The van der Waals surface area contributed by atoms with Gasteiger partial charge in [-0.1, -0.05) is 66.8 Å². The molecule has 0 aliphatic carbocycles. The smallest absolute Gasteiger partial charge is 0.373 e. The molecule has 3 rings (SSSR count). The standard InChI is InChI=1S/C29H34N4O5/c1-4-6-8-13-24-19-32(20(3)34)25(21-14-16-22(17-15-21)27(31)35)18-29(37,23-11-9-7-10-12-23)33(24)26(30)28(36)38-5-2/h4,6-17,24-25,30,37H,5,18-19H2,1-3H3,(H2,31,35)/b6-4-,13-8-,30-26?. The Balaban J connectivity index is 2.27. The van der Waals surface area contributed by atoms with Gasteiger partial charge in [0.1, 0.15) is 0 Å². The van der Waals surface area contributed by atoms with Crippen molar-refractivity contribution in [2.24, 2.45) is 5.73 Å². The maximum Gasteiger partial charge on any atom is 0.373 e. The van der Waals surface area contributed by atoms with Crippen LogP contribution in [0.15, 0.2) is 78.9 Å². The Morgan fingerprint density at radius 1 is 1.13 bits per heavy atom. The van der Waals surface area contributed by atoms with Crippen molar-refractivity contribution < 1.29 is 24.2 Å². The van der Waals surface area contributed by atoms with E-state index in [9.17, 15) is 19.5 Å². The van der Waals surface area contributed by atoms with Crippen LogP contribution in [0.5, 0.6) is 0 Å². The van der Waals surface area contributed by atoms with Crippen molar-refractivity contribution in [3.63, 3.8) is 0 Å². The van der Waals surface area contributed by atoms with Gasteiger partial charge in [0, 0.05) is 31.0 Å². The van der Waals surface area contributed by atoms with Gasteiger partial charge in [-0.15, -0.1) is 0 Å². The van der Waals surface area contributed by atoms with Gasteiger partial charge >= 0.3 is 5.97 Å². The lowest BCUT2D eigenvalue weighted by atomic mass is 9.89. The first-order valence-electron chi connectivity index (χ1n) is 12.4. The molecule has 0 radical (unpaired) electrons. The molecule has 2 amide bonds. The van der Waals surface area contributed by atoms with Crippen LogP contribution in [0.25, 0.3) is 0 Å². The fraction of sp³-hybridized carbons (Fsp3) is 0.310. The van der Waals surface area contributed by atoms with Gasteiger partial charge in [0.2, 0.25) is 17.6 Å². The van der Waals surface area contributed by atoms with Crippen LogP contribution in [-0.4, -0.2) is 57.7 Å². The lowest BCUT2D eigenvalue weighted by molar-refractivity contribution is -0.141. The molecule has 1 fully saturated rings. The third-order valence-electron chi connectivity index (χ3n) is 6.54. The fourth-order valence-corrected chi connectivity index (χ4v) is 4.74. The molecule has 1 saturated heterocycles. The minimum atomic E-state index is -1.88. The summed E-state index contributed by atoms with van der Waals surface area (Å²) < 4.78 is 5.14. The van der Waals surface area contributed by atoms with Crippen molar-refractivity contribution in [3.8, 4) is 0 Å². The molecule has 2 aromatic rings. The number of carbonyl (C=O) groups is 3. The second-order valence-corrected chi connectivity index (χ2v) is 8.98. The molecule has 9 nitrogen and oxygen atoms in total. The number of benzene rings is 2. The lowest BCUT2D eigenvalue weighted by Gasteiger charge is -2.43. The van der Waals surface area contributed by atoms with Crippen LogP contribution in [0, 0.1) is 5.41 Å². The topological polar surface area (TPSA) is 137 Å². The molecule has 2 aromatic carbocycles. The molecule has 1 aliphatic heterocycles. The molecule has 9 heteroatoms. The van der Waals surface area contributed by atoms with Gasteiger partial charge < -0.3 is 25.4 Å². The normalized spacial score (nSPS) is 21.9.